The zero-order valence-electron chi connectivity index (χ0n) is 10.9. The number of rotatable bonds is 3. The van der Waals surface area contributed by atoms with Crippen molar-refractivity contribution in [2.75, 3.05) is 12.1 Å². The fourth-order valence-corrected chi connectivity index (χ4v) is 2.09. The summed E-state index contributed by atoms with van der Waals surface area (Å²) in [6.07, 6.45) is 3.74. The summed E-state index contributed by atoms with van der Waals surface area (Å²) in [5.74, 6) is 1.48. The van der Waals surface area contributed by atoms with Gasteiger partial charge in [0.25, 0.3) is 0 Å². The number of nitrogens with one attached hydrogen (secondary N) is 2. The molecule has 7 heteroatoms. The van der Waals surface area contributed by atoms with Crippen molar-refractivity contribution < 1.29 is 9.47 Å². The molecule has 0 aliphatic carbocycles. The van der Waals surface area contributed by atoms with Crippen LogP contribution in [0.15, 0.2) is 30.6 Å². The molecule has 3 rings (SSSR count). The van der Waals surface area contributed by atoms with Gasteiger partial charge in [-0.2, -0.15) is 5.10 Å². The van der Waals surface area contributed by atoms with E-state index in [0.717, 1.165) is 22.7 Å². The second-order valence-electron chi connectivity index (χ2n) is 4.40. The van der Waals surface area contributed by atoms with Gasteiger partial charge in [-0.25, -0.2) is 0 Å². The minimum atomic E-state index is 0.266. The van der Waals surface area contributed by atoms with Gasteiger partial charge in [-0.15, -0.1) is 0 Å². The van der Waals surface area contributed by atoms with E-state index >= 15 is 0 Å². The maximum absolute atomic E-state index is 5.32. The highest BCUT2D eigenvalue weighted by atomic mass is 32.1. The Kier molecular flexibility index (Phi) is 3.42. The van der Waals surface area contributed by atoms with E-state index in [0.29, 0.717) is 11.7 Å². The van der Waals surface area contributed by atoms with Crippen molar-refractivity contribution in [1.29, 1.82) is 0 Å². The highest BCUT2D eigenvalue weighted by Crippen LogP contribution is 2.34. The van der Waals surface area contributed by atoms with Crippen LogP contribution in [0.5, 0.6) is 11.5 Å². The number of nitrogens with zero attached hydrogens (tertiary/aromatic N) is 2. The van der Waals surface area contributed by atoms with Gasteiger partial charge in [-0.05, 0) is 24.4 Å². The van der Waals surface area contributed by atoms with Crippen molar-refractivity contribution in [3.8, 4) is 11.5 Å². The fraction of sp³-hybridized carbons (Fsp3) is 0.231. The molecule has 0 radical (unpaired) electrons. The smallest absolute Gasteiger partial charge is 0.231 e. The summed E-state index contributed by atoms with van der Waals surface area (Å²) in [6, 6.07) is 5.61. The molecule has 2 N–H and O–H groups in total. The number of fused-ring (bicyclic) bond motifs is 1. The molecule has 0 fully saturated rings. The van der Waals surface area contributed by atoms with Crippen LogP contribution in [0.3, 0.4) is 0 Å². The van der Waals surface area contributed by atoms with Crippen LogP contribution >= 0.6 is 12.2 Å². The first-order valence-electron chi connectivity index (χ1n) is 6.13. The average molecular weight is 290 g/mol. The molecule has 20 heavy (non-hydrogen) atoms. The van der Waals surface area contributed by atoms with Gasteiger partial charge < -0.3 is 20.1 Å². The minimum Gasteiger partial charge on any atom is -0.454 e. The SMILES string of the molecule is Cn1cc(CNC(=S)Nc2ccc3c(c2)OCO3)cn1. The summed E-state index contributed by atoms with van der Waals surface area (Å²) < 4.78 is 12.3. The van der Waals surface area contributed by atoms with Gasteiger partial charge in [-0.1, -0.05) is 0 Å². The second-order valence-corrected chi connectivity index (χ2v) is 4.81. The second kappa shape index (κ2) is 5.38. The van der Waals surface area contributed by atoms with Crippen LogP contribution < -0.4 is 20.1 Å². The Labute approximate surface area is 121 Å². The van der Waals surface area contributed by atoms with E-state index in [9.17, 15) is 0 Å². The quantitative estimate of drug-likeness (QED) is 0.838. The number of aryl methyl sites for hydroxylation is 1. The van der Waals surface area contributed by atoms with E-state index in [2.05, 4.69) is 15.7 Å². The predicted octanol–water partition coefficient (Wildman–Crippen LogP) is 1.64. The van der Waals surface area contributed by atoms with Crippen LogP contribution in [0.4, 0.5) is 5.69 Å². The molecule has 0 amide bonds. The third kappa shape index (κ3) is 2.83. The van der Waals surface area contributed by atoms with Crippen LogP contribution in [-0.4, -0.2) is 21.7 Å². The first kappa shape index (κ1) is 12.7. The predicted molar refractivity (Wildman–Crippen MR) is 78.8 cm³/mol. The lowest BCUT2D eigenvalue weighted by molar-refractivity contribution is 0.174. The fourth-order valence-electron chi connectivity index (χ4n) is 1.90. The van der Waals surface area contributed by atoms with Crippen molar-refractivity contribution in [2.24, 2.45) is 7.05 Å². The van der Waals surface area contributed by atoms with E-state index in [1.807, 2.05) is 31.4 Å². The van der Waals surface area contributed by atoms with E-state index < -0.39 is 0 Å². The van der Waals surface area contributed by atoms with Gasteiger partial charge in [0.05, 0.1) is 6.20 Å². The summed E-state index contributed by atoms with van der Waals surface area (Å²) in [5, 5.41) is 10.9. The topological polar surface area (TPSA) is 60.3 Å². The molecule has 0 saturated heterocycles. The van der Waals surface area contributed by atoms with Gasteiger partial charge in [0.1, 0.15) is 0 Å². The maximum atomic E-state index is 5.32. The molecule has 0 bridgehead atoms. The highest BCUT2D eigenvalue weighted by molar-refractivity contribution is 7.80. The third-order valence-electron chi connectivity index (χ3n) is 2.84. The number of thiocarbonyl (C=S) groups is 1. The van der Waals surface area contributed by atoms with Gasteiger partial charge in [0.2, 0.25) is 6.79 Å². The molecule has 0 atom stereocenters. The molecule has 0 spiro atoms. The molecule has 2 aromatic rings. The lowest BCUT2D eigenvalue weighted by Gasteiger charge is -2.10. The molecule has 0 saturated carbocycles. The molecular formula is C13H14N4O2S. The number of benzene rings is 1. The van der Waals surface area contributed by atoms with Crippen molar-refractivity contribution in [2.45, 2.75) is 6.54 Å². The number of hydrogen-bond donors (Lipinski definition) is 2. The van der Waals surface area contributed by atoms with E-state index in [1.54, 1.807) is 10.9 Å². The summed E-state index contributed by atoms with van der Waals surface area (Å²) in [4.78, 5) is 0. The van der Waals surface area contributed by atoms with Crippen LogP contribution in [-0.2, 0) is 13.6 Å². The maximum Gasteiger partial charge on any atom is 0.231 e. The lowest BCUT2D eigenvalue weighted by Crippen LogP contribution is -2.27. The molecule has 0 unspecified atom stereocenters. The minimum absolute atomic E-state index is 0.266. The molecule has 6 nitrogen and oxygen atoms in total. The number of hydrogen-bond acceptors (Lipinski definition) is 4. The number of ether oxygens (including phenoxy) is 2. The Bertz CT molecular complexity index is 641. The standard InChI is InChI=1S/C13H14N4O2S/c1-17-7-9(6-15-17)5-14-13(20)16-10-2-3-11-12(4-10)19-8-18-11/h2-4,6-7H,5,8H2,1H3,(H2,14,16,20). The van der Waals surface area contributed by atoms with E-state index in [-0.39, 0.29) is 6.79 Å². The largest absolute Gasteiger partial charge is 0.454 e. The Balaban J connectivity index is 1.56. The van der Waals surface area contributed by atoms with E-state index in [1.165, 1.54) is 0 Å². The van der Waals surface area contributed by atoms with Crippen LogP contribution in [0.1, 0.15) is 5.56 Å². The molecule has 2 heterocycles. The molecule has 1 aromatic carbocycles. The third-order valence-corrected chi connectivity index (χ3v) is 3.09. The molecule has 1 aliphatic rings. The number of anilines is 1. The first-order chi connectivity index (χ1) is 9.70. The molecule has 104 valence electrons. The van der Waals surface area contributed by atoms with Gasteiger partial charge >= 0.3 is 0 Å². The van der Waals surface area contributed by atoms with E-state index in [4.69, 9.17) is 21.7 Å². The zero-order chi connectivity index (χ0) is 13.9. The summed E-state index contributed by atoms with van der Waals surface area (Å²) in [5.41, 5.74) is 1.93. The molecule has 1 aliphatic heterocycles. The zero-order valence-corrected chi connectivity index (χ0v) is 11.7. The summed E-state index contributed by atoms with van der Waals surface area (Å²) >= 11 is 5.25. The molecular weight excluding hydrogens is 276 g/mol. The lowest BCUT2D eigenvalue weighted by atomic mass is 10.3. The van der Waals surface area contributed by atoms with Crippen molar-refractivity contribution in [1.82, 2.24) is 15.1 Å². The van der Waals surface area contributed by atoms with Crippen LogP contribution in [0.2, 0.25) is 0 Å². The normalized spacial score (nSPS) is 12.2. The van der Waals surface area contributed by atoms with Gasteiger partial charge in [0.15, 0.2) is 16.6 Å². The van der Waals surface area contributed by atoms with Crippen molar-refractivity contribution in [3.63, 3.8) is 0 Å². The number of aromatic nitrogens is 2. The first-order valence-corrected chi connectivity index (χ1v) is 6.53. The van der Waals surface area contributed by atoms with Crippen LogP contribution in [0.25, 0.3) is 0 Å². The Morgan fingerprint density at radius 2 is 2.25 bits per heavy atom. The molecule has 1 aromatic heterocycles. The van der Waals surface area contributed by atoms with Crippen molar-refractivity contribution in [3.05, 3.63) is 36.2 Å². The summed E-state index contributed by atoms with van der Waals surface area (Å²) in [7, 11) is 1.88. The highest BCUT2D eigenvalue weighted by Gasteiger charge is 2.13. The average Bonchev–Trinajstić information content (AvgIpc) is 3.04. The van der Waals surface area contributed by atoms with Crippen LogP contribution in [0, 0.1) is 0 Å². The Morgan fingerprint density at radius 3 is 3.05 bits per heavy atom. The van der Waals surface area contributed by atoms with Gasteiger partial charge in [-0.3, -0.25) is 4.68 Å². The van der Waals surface area contributed by atoms with Gasteiger partial charge in [0, 0.05) is 37.1 Å². The Hall–Kier alpha value is -2.28. The van der Waals surface area contributed by atoms with Crippen molar-refractivity contribution >= 4 is 23.0 Å². The monoisotopic (exact) mass is 290 g/mol. The summed E-state index contributed by atoms with van der Waals surface area (Å²) in [6.45, 7) is 0.896. The Morgan fingerprint density at radius 1 is 1.40 bits per heavy atom.